The van der Waals surface area contributed by atoms with E-state index in [1.807, 2.05) is 0 Å². The second-order valence-electron chi connectivity index (χ2n) is 9.67. The third kappa shape index (κ3) is 6.70. The van der Waals surface area contributed by atoms with Gasteiger partial charge in [0.15, 0.2) is 0 Å². The first-order valence-electron chi connectivity index (χ1n) is 10.6. The zero-order valence-electron chi connectivity index (χ0n) is 19.9. The summed E-state index contributed by atoms with van der Waals surface area (Å²) in [7, 11) is 1.56. The minimum atomic E-state index is -0.997. The largest absolute Gasteiger partial charge is 0.460 e. The van der Waals surface area contributed by atoms with Crippen LogP contribution in [-0.4, -0.2) is 32.4 Å². The Morgan fingerprint density at radius 3 is 2.19 bits per heavy atom. The quantitative estimate of drug-likeness (QED) is 0.681. The summed E-state index contributed by atoms with van der Waals surface area (Å²) in [6.45, 7) is 10.5. The number of hydrogen-bond acceptors (Lipinski definition) is 6. The van der Waals surface area contributed by atoms with Gasteiger partial charge in [0, 0.05) is 13.5 Å². The van der Waals surface area contributed by atoms with Gasteiger partial charge < -0.3 is 14.8 Å². The Hall–Kier alpha value is -3.10. The van der Waals surface area contributed by atoms with Gasteiger partial charge >= 0.3 is 17.8 Å². The van der Waals surface area contributed by atoms with Crippen LogP contribution in [0.2, 0.25) is 0 Å². The molecule has 0 fully saturated rings. The van der Waals surface area contributed by atoms with E-state index in [0.717, 1.165) is 4.57 Å². The number of alkyl carbamates (subject to hydrolysis) is 1. The highest BCUT2D eigenvalue weighted by Gasteiger charge is 2.25. The maximum absolute atomic E-state index is 13.2. The van der Waals surface area contributed by atoms with Crippen LogP contribution in [0.4, 0.5) is 4.79 Å². The highest BCUT2D eigenvalue weighted by Crippen LogP contribution is 2.16. The number of aryl methyl sites for hydroxylation is 1. The van der Waals surface area contributed by atoms with Crippen molar-refractivity contribution in [2.24, 2.45) is 7.05 Å². The highest BCUT2D eigenvalue weighted by molar-refractivity contribution is 5.77. The lowest BCUT2D eigenvalue weighted by Crippen LogP contribution is -2.48. The van der Waals surface area contributed by atoms with E-state index in [-0.39, 0.29) is 19.3 Å². The molecule has 9 heteroatoms. The molecule has 176 valence electrons. The van der Waals surface area contributed by atoms with Crippen molar-refractivity contribution < 1.29 is 19.1 Å². The van der Waals surface area contributed by atoms with Crippen molar-refractivity contribution in [3.8, 4) is 0 Å². The fourth-order valence-electron chi connectivity index (χ4n) is 3.24. The number of para-hydroxylation sites is 1. The molecule has 1 aromatic carbocycles. The predicted molar refractivity (Wildman–Crippen MR) is 122 cm³/mol. The number of aromatic nitrogens is 2. The number of ether oxygens (including phenoxy) is 2. The number of hydrogen-bond donors (Lipinski definition) is 1. The molecule has 1 N–H and O–H groups in total. The van der Waals surface area contributed by atoms with Crippen LogP contribution in [0, 0.1) is 0 Å². The number of fused-ring (bicyclic) bond motifs is 1. The lowest BCUT2D eigenvalue weighted by atomic mass is 10.1. The predicted octanol–water partition coefficient (Wildman–Crippen LogP) is 3.24. The maximum atomic E-state index is 13.2. The molecular weight excluding hydrogens is 414 g/mol. The average molecular weight is 448 g/mol. The number of nitrogens with one attached hydrogen (secondary N) is 1. The first-order valence-corrected chi connectivity index (χ1v) is 10.6. The second-order valence-corrected chi connectivity index (χ2v) is 9.67. The van der Waals surface area contributed by atoms with E-state index in [2.05, 4.69) is 5.32 Å². The summed E-state index contributed by atoms with van der Waals surface area (Å²) in [5, 5.41) is 2.97. The minimum Gasteiger partial charge on any atom is -0.460 e. The number of benzene rings is 1. The first-order chi connectivity index (χ1) is 14.7. The van der Waals surface area contributed by atoms with Crippen molar-refractivity contribution in [1.82, 2.24) is 14.5 Å². The normalized spacial score (nSPS) is 13.0. The molecular formula is C23H33N3O6. The van der Waals surface area contributed by atoms with Gasteiger partial charge in [-0.05, 0) is 66.5 Å². The summed E-state index contributed by atoms with van der Waals surface area (Å²) in [5.41, 5.74) is -1.99. The molecule has 1 heterocycles. The second kappa shape index (κ2) is 9.58. The molecule has 1 aromatic heterocycles. The molecule has 0 saturated carbocycles. The molecule has 1 unspecified atom stereocenters. The molecule has 0 bridgehead atoms. The number of carbonyl (C=O) groups excluding carboxylic acids is 2. The van der Waals surface area contributed by atoms with Crippen LogP contribution in [0.5, 0.6) is 0 Å². The molecule has 0 aliphatic carbocycles. The van der Waals surface area contributed by atoms with Crippen molar-refractivity contribution in [2.75, 3.05) is 0 Å². The Morgan fingerprint density at radius 2 is 1.59 bits per heavy atom. The molecule has 9 nitrogen and oxygen atoms in total. The molecule has 0 spiro atoms. The Balaban J connectivity index is 2.38. The lowest BCUT2D eigenvalue weighted by Gasteiger charge is -2.25. The topological polar surface area (TPSA) is 109 Å². The molecule has 2 aromatic rings. The highest BCUT2D eigenvalue weighted by atomic mass is 16.6. The molecule has 1 atom stereocenters. The number of amides is 1. The fourth-order valence-corrected chi connectivity index (χ4v) is 3.24. The van der Waals surface area contributed by atoms with Crippen LogP contribution in [0.3, 0.4) is 0 Å². The average Bonchev–Trinajstić information content (AvgIpc) is 2.63. The van der Waals surface area contributed by atoms with Crippen molar-refractivity contribution in [2.45, 2.75) is 78.2 Å². The van der Waals surface area contributed by atoms with Gasteiger partial charge in [0.05, 0.1) is 10.9 Å². The van der Waals surface area contributed by atoms with E-state index in [1.54, 1.807) is 72.9 Å². The van der Waals surface area contributed by atoms with Crippen LogP contribution in [0.25, 0.3) is 10.9 Å². The van der Waals surface area contributed by atoms with Crippen LogP contribution in [0.15, 0.2) is 33.9 Å². The molecule has 0 radical (unpaired) electrons. The number of nitrogens with zero attached hydrogens (tertiary/aromatic N) is 2. The first kappa shape index (κ1) is 25.2. The van der Waals surface area contributed by atoms with E-state index in [4.69, 9.17) is 9.47 Å². The standard InChI is InChI=1S/C23H33N3O6/c1-22(2,3)31-18(27)14-10-13-17(24-20(29)32-23(4,5)6)26-19(28)15-11-8-9-12-16(15)25(7)21(26)30/h8-9,11-12,17H,10,13-14H2,1-7H3,(H,24,29). The van der Waals surface area contributed by atoms with E-state index < -0.39 is 40.7 Å². The fraction of sp³-hybridized carbons (Fsp3) is 0.565. The zero-order chi connectivity index (χ0) is 24.3. The molecule has 32 heavy (non-hydrogen) atoms. The van der Waals surface area contributed by atoms with Crippen LogP contribution in [0.1, 0.15) is 67.0 Å². The van der Waals surface area contributed by atoms with Crippen LogP contribution in [-0.2, 0) is 21.3 Å². The van der Waals surface area contributed by atoms with E-state index in [9.17, 15) is 19.2 Å². The van der Waals surface area contributed by atoms with Gasteiger partial charge in [0.1, 0.15) is 17.4 Å². The number of carbonyl (C=O) groups is 2. The van der Waals surface area contributed by atoms with Crippen LogP contribution >= 0.6 is 0 Å². The third-order valence-corrected chi connectivity index (χ3v) is 4.48. The summed E-state index contributed by atoms with van der Waals surface area (Å²) >= 11 is 0. The van der Waals surface area contributed by atoms with Crippen molar-refractivity contribution in [1.29, 1.82) is 0 Å². The van der Waals surface area contributed by atoms with Gasteiger partial charge in [-0.2, -0.15) is 0 Å². The van der Waals surface area contributed by atoms with Crippen molar-refractivity contribution in [3.05, 3.63) is 45.1 Å². The Labute approximate surface area is 187 Å². The van der Waals surface area contributed by atoms with Gasteiger partial charge in [-0.1, -0.05) is 12.1 Å². The van der Waals surface area contributed by atoms with Crippen molar-refractivity contribution in [3.63, 3.8) is 0 Å². The summed E-state index contributed by atoms with van der Waals surface area (Å²) in [5.74, 6) is -0.396. The zero-order valence-corrected chi connectivity index (χ0v) is 19.9. The van der Waals surface area contributed by atoms with Gasteiger partial charge in [-0.3, -0.25) is 14.2 Å². The smallest absolute Gasteiger partial charge is 0.409 e. The van der Waals surface area contributed by atoms with Crippen molar-refractivity contribution >= 4 is 23.0 Å². The van der Waals surface area contributed by atoms with E-state index in [0.29, 0.717) is 10.9 Å². The van der Waals surface area contributed by atoms with Gasteiger partial charge in [0.2, 0.25) is 0 Å². The van der Waals surface area contributed by atoms with Crippen LogP contribution < -0.4 is 16.6 Å². The number of rotatable bonds is 6. The third-order valence-electron chi connectivity index (χ3n) is 4.48. The Bertz CT molecular complexity index is 1100. The minimum absolute atomic E-state index is 0.0758. The van der Waals surface area contributed by atoms with E-state index >= 15 is 0 Å². The monoisotopic (exact) mass is 447 g/mol. The summed E-state index contributed by atoms with van der Waals surface area (Å²) < 4.78 is 13.0. The van der Waals surface area contributed by atoms with Gasteiger partial charge in [0.25, 0.3) is 5.56 Å². The molecule has 0 aliphatic heterocycles. The maximum Gasteiger partial charge on any atom is 0.409 e. The SMILES string of the molecule is Cn1c(=O)n(C(CCCC(=O)OC(C)(C)C)NC(=O)OC(C)(C)C)c(=O)c2ccccc21. The van der Waals surface area contributed by atoms with Gasteiger partial charge in [-0.15, -0.1) is 0 Å². The summed E-state index contributed by atoms with van der Waals surface area (Å²) in [6, 6.07) is 6.75. The number of esters is 1. The molecule has 0 aliphatic rings. The summed E-state index contributed by atoms with van der Waals surface area (Å²) in [4.78, 5) is 50.7. The van der Waals surface area contributed by atoms with E-state index in [1.165, 1.54) is 4.57 Å². The Morgan fingerprint density at radius 1 is 1.00 bits per heavy atom. The summed E-state index contributed by atoms with van der Waals surface area (Å²) in [6.07, 6.45) is -1.24. The molecule has 1 amide bonds. The Kier molecular flexibility index (Phi) is 7.54. The molecule has 0 saturated heterocycles. The lowest BCUT2D eigenvalue weighted by molar-refractivity contribution is -0.154. The van der Waals surface area contributed by atoms with Gasteiger partial charge in [-0.25, -0.2) is 14.2 Å². The molecule has 2 rings (SSSR count).